The van der Waals surface area contributed by atoms with Gasteiger partial charge in [0, 0.05) is 23.3 Å². The van der Waals surface area contributed by atoms with Crippen molar-refractivity contribution in [3.05, 3.63) is 64.7 Å². The fourth-order valence-electron chi connectivity index (χ4n) is 2.06. The maximum Gasteiger partial charge on any atom is 0.322 e. The van der Waals surface area contributed by atoms with Crippen LogP contribution < -0.4 is 5.32 Å². The van der Waals surface area contributed by atoms with Gasteiger partial charge in [0.2, 0.25) is 0 Å². The third kappa shape index (κ3) is 4.33. The number of hydrogen-bond acceptors (Lipinski definition) is 2. The summed E-state index contributed by atoms with van der Waals surface area (Å²) in [7, 11) is 1.60. The molecule has 0 aliphatic rings. The molecular formula is C18H19ClN2O2. The Balaban J connectivity index is 2.04. The van der Waals surface area contributed by atoms with Crippen molar-refractivity contribution >= 4 is 29.1 Å². The second kappa shape index (κ2) is 7.29. The molecule has 0 saturated carbocycles. The number of carbonyl (C=O) groups excluding carboxylic acids is 2. The third-order valence-electron chi connectivity index (χ3n) is 3.71. The molecule has 2 aromatic carbocycles. The summed E-state index contributed by atoms with van der Waals surface area (Å²) in [6, 6.07) is 13.2. The highest BCUT2D eigenvalue weighted by Gasteiger charge is 2.23. The molecule has 0 saturated heterocycles. The van der Waals surface area contributed by atoms with Crippen molar-refractivity contribution < 1.29 is 9.59 Å². The zero-order valence-corrected chi connectivity index (χ0v) is 14.1. The Bertz CT molecular complexity index is 696. The van der Waals surface area contributed by atoms with Crippen LogP contribution in [0.25, 0.3) is 0 Å². The smallest absolute Gasteiger partial charge is 0.317 e. The van der Waals surface area contributed by atoms with Gasteiger partial charge in [-0.15, -0.1) is 0 Å². The van der Waals surface area contributed by atoms with Crippen LogP contribution in [-0.4, -0.2) is 29.8 Å². The van der Waals surface area contributed by atoms with Crippen LogP contribution in [0.4, 0.5) is 10.5 Å². The minimum atomic E-state index is -0.565. The zero-order chi connectivity index (χ0) is 17.0. The van der Waals surface area contributed by atoms with E-state index in [0.717, 1.165) is 5.56 Å². The van der Waals surface area contributed by atoms with Gasteiger partial charge in [-0.05, 0) is 38.1 Å². The van der Waals surface area contributed by atoms with Gasteiger partial charge in [0.25, 0.3) is 0 Å². The van der Waals surface area contributed by atoms with E-state index in [1.807, 2.05) is 19.1 Å². The fourth-order valence-corrected chi connectivity index (χ4v) is 2.18. The maximum atomic E-state index is 12.5. The largest absolute Gasteiger partial charge is 0.322 e. The molecule has 0 heterocycles. The molecule has 1 N–H and O–H groups in total. The number of hydrogen-bond donors (Lipinski definition) is 1. The molecule has 2 amide bonds. The van der Waals surface area contributed by atoms with Crippen molar-refractivity contribution in [2.75, 3.05) is 12.4 Å². The molecule has 5 heteroatoms. The molecule has 2 rings (SSSR count). The van der Waals surface area contributed by atoms with Crippen LogP contribution in [0.3, 0.4) is 0 Å². The number of aryl methyl sites for hydroxylation is 1. The minimum Gasteiger partial charge on any atom is -0.317 e. The maximum absolute atomic E-state index is 12.5. The molecule has 4 nitrogen and oxygen atoms in total. The highest BCUT2D eigenvalue weighted by atomic mass is 35.5. The first-order chi connectivity index (χ1) is 10.9. The number of benzene rings is 2. The topological polar surface area (TPSA) is 49.4 Å². The van der Waals surface area contributed by atoms with Crippen LogP contribution in [0.1, 0.15) is 22.8 Å². The molecule has 0 spiro atoms. The number of ketones is 1. The number of rotatable bonds is 4. The van der Waals surface area contributed by atoms with Gasteiger partial charge in [0.05, 0.1) is 6.04 Å². The average molecular weight is 331 g/mol. The van der Waals surface area contributed by atoms with Crippen molar-refractivity contribution in [2.45, 2.75) is 19.9 Å². The summed E-state index contributed by atoms with van der Waals surface area (Å²) in [5, 5.41) is 3.34. The molecule has 1 atom stereocenters. The molecule has 0 aliphatic carbocycles. The van der Waals surface area contributed by atoms with E-state index in [1.165, 1.54) is 4.90 Å². The first-order valence-corrected chi connectivity index (χ1v) is 7.66. The first kappa shape index (κ1) is 17.0. The normalized spacial score (nSPS) is 11.7. The zero-order valence-electron chi connectivity index (χ0n) is 13.3. The summed E-state index contributed by atoms with van der Waals surface area (Å²) in [5.74, 6) is -0.0984. The average Bonchev–Trinajstić information content (AvgIpc) is 2.55. The third-order valence-corrected chi connectivity index (χ3v) is 3.96. The Morgan fingerprint density at radius 2 is 1.61 bits per heavy atom. The summed E-state index contributed by atoms with van der Waals surface area (Å²) >= 11 is 5.81. The van der Waals surface area contributed by atoms with E-state index in [2.05, 4.69) is 5.32 Å². The Hall–Kier alpha value is -2.33. The molecule has 0 aliphatic heterocycles. The van der Waals surface area contributed by atoms with E-state index in [1.54, 1.807) is 50.4 Å². The Labute approximate surface area is 141 Å². The highest BCUT2D eigenvalue weighted by Crippen LogP contribution is 2.15. The van der Waals surface area contributed by atoms with Gasteiger partial charge in [0.15, 0.2) is 5.78 Å². The fraction of sp³-hybridized carbons (Fsp3) is 0.222. The number of nitrogens with one attached hydrogen (secondary N) is 1. The molecule has 23 heavy (non-hydrogen) atoms. The predicted molar refractivity (Wildman–Crippen MR) is 93.2 cm³/mol. The van der Waals surface area contributed by atoms with Crippen LogP contribution in [0, 0.1) is 6.92 Å². The van der Waals surface area contributed by atoms with Gasteiger partial charge in [0.1, 0.15) is 0 Å². The SMILES string of the molecule is Cc1ccc(C(=O)C(C)N(C)C(=O)Nc2ccc(Cl)cc2)cc1. The number of urea groups is 1. The Kier molecular flexibility index (Phi) is 5.40. The predicted octanol–water partition coefficient (Wildman–Crippen LogP) is 4.38. The Morgan fingerprint density at radius 3 is 2.17 bits per heavy atom. The van der Waals surface area contributed by atoms with Crippen LogP contribution in [-0.2, 0) is 0 Å². The number of carbonyl (C=O) groups is 2. The van der Waals surface area contributed by atoms with Crippen LogP contribution in [0.5, 0.6) is 0 Å². The lowest BCUT2D eigenvalue weighted by Crippen LogP contribution is -2.42. The van der Waals surface area contributed by atoms with Crippen molar-refractivity contribution in [1.82, 2.24) is 4.90 Å². The van der Waals surface area contributed by atoms with Crippen molar-refractivity contribution in [2.24, 2.45) is 0 Å². The van der Waals surface area contributed by atoms with E-state index in [0.29, 0.717) is 16.3 Å². The Morgan fingerprint density at radius 1 is 1.04 bits per heavy atom. The molecule has 0 radical (unpaired) electrons. The molecular weight excluding hydrogens is 312 g/mol. The number of likely N-dealkylation sites (N-methyl/N-ethyl adjacent to an activating group) is 1. The lowest BCUT2D eigenvalue weighted by atomic mass is 10.0. The van der Waals surface area contributed by atoms with Gasteiger partial charge in [-0.2, -0.15) is 0 Å². The van der Waals surface area contributed by atoms with Crippen molar-refractivity contribution in [3.63, 3.8) is 0 Å². The second-order valence-corrected chi connectivity index (χ2v) is 5.89. The number of halogens is 1. The van der Waals surface area contributed by atoms with E-state index < -0.39 is 6.04 Å². The van der Waals surface area contributed by atoms with Gasteiger partial charge >= 0.3 is 6.03 Å². The number of amides is 2. The summed E-state index contributed by atoms with van der Waals surface area (Å²) in [4.78, 5) is 26.1. The van der Waals surface area contributed by atoms with E-state index in [4.69, 9.17) is 11.6 Å². The quantitative estimate of drug-likeness (QED) is 0.845. The second-order valence-electron chi connectivity index (χ2n) is 5.45. The monoisotopic (exact) mass is 330 g/mol. The molecule has 0 aromatic heterocycles. The summed E-state index contributed by atoms with van der Waals surface area (Å²) in [6.45, 7) is 3.67. The van der Waals surface area contributed by atoms with E-state index in [9.17, 15) is 9.59 Å². The van der Waals surface area contributed by atoms with Gasteiger partial charge < -0.3 is 10.2 Å². The van der Waals surface area contributed by atoms with Crippen molar-refractivity contribution in [1.29, 1.82) is 0 Å². The first-order valence-electron chi connectivity index (χ1n) is 7.29. The number of nitrogens with zero attached hydrogens (tertiary/aromatic N) is 1. The molecule has 120 valence electrons. The molecule has 0 fully saturated rings. The van der Waals surface area contributed by atoms with Crippen LogP contribution >= 0.6 is 11.6 Å². The minimum absolute atomic E-state index is 0.0984. The lowest BCUT2D eigenvalue weighted by Gasteiger charge is -2.24. The number of Topliss-reactive ketones (excluding diaryl/α,β-unsaturated/α-hetero) is 1. The lowest BCUT2D eigenvalue weighted by molar-refractivity contribution is 0.0894. The van der Waals surface area contributed by atoms with Crippen LogP contribution in [0.15, 0.2) is 48.5 Å². The summed E-state index contributed by atoms with van der Waals surface area (Å²) < 4.78 is 0. The van der Waals surface area contributed by atoms with Crippen LogP contribution in [0.2, 0.25) is 5.02 Å². The van der Waals surface area contributed by atoms with Gasteiger partial charge in [-0.25, -0.2) is 4.79 Å². The molecule has 2 aromatic rings. The molecule has 0 bridgehead atoms. The van der Waals surface area contributed by atoms with E-state index in [-0.39, 0.29) is 11.8 Å². The van der Waals surface area contributed by atoms with Gasteiger partial charge in [-0.3, -0.25) is 4.79 Å². The van der Waals surface area contributed by atoms with Crippen molar-refractivity contribution in [3.8, 4) is 0 Å². The number of anilines is 1. The highest BCUT2D eigenvalue weighted by molar-refractivity contribution is 6.30. The molecule has 1 unspecified atom stereocenters. The van der Waals surface area contributed by atoms with E-state index >= 15 is 0 Å². The summed E-state index contributed by atoms with van der Waals surface area (Å²) in [5.41, 5.74) is 2.30. The standard InChI is InChI=1S/C18H19ClN2O2/c1-12-4-6-14(7-5-12)17(22)13(2)21(3)18(23)20-16-10-8-15(19)9-11-16/h4-11,13H,1-3H3,(H,20,23). The van der Waals surface area contributed by atoms with Gasteiger partial charge in [-0.1, -0.05) is 41.4 Å². The summed E-state index contributed by atoms with van der Waals surface area (Å²) in [6.07, 6.45) is 0.